The fourth-order valence-electron chi connectivity index (χ4n) is 2.87. The Morgan fingerprint density at radius 2 is 2.10 bits per heavy atom. The van der Waals surface area contributed by atoms with Crippen LogP contribution in [0.5, 0.6) is 0 Å². The maximum Gasteiger partial charge on any atom is 0.410 e. The van der Waals surface area contributed by atoms with E-state index < -0.39 is 23.1 Å². The van der Waals surface area contributed by atoms with Crippen LogP contribution in [0.2, 0.25) is 0 Å². The molecule has 2 aliphatic heterocycles. The molecule has 1 amide bonds. The van der Waals surface area contributed by atoms with Crippen molar-refractivity contribution in [3.8, 4) is 0 Å². The number of piperidine rings is 1. The molecule has 1 spiro atoms. The van der Waals surface area contributed by atoms with Gasteiger partial charge in [0.05, 0.1) is 24.7 Å². The first kappa shape index (κ1) is 15.1. The molecular weight excluding hydrogens is 262 g/mol. The standard InChI is InChI=1S/C14H23NO5/c1-13(2,3)20-12(18)15-6-4-5-14(9-15)7-10(8-19-14)11(16)17/h10H,4-9H2,1-3H3,(H,16,17)/t10-,14-/m0/s1. The SMILES string of the molecule is CC(C)(C)OC(=O)N1CCC[C@]2(C[C@H](C(=O)O)CO2)C1. The van der Waals surface area contributed by atoms with Gasteiger partial charge in [-0.05, 0) is 40.0 Å². The number of likely N-dealkylation sites (tertiary alicyclic amines) is 1. The second-order valence-electron chi connectivity index (χ2n) is 6.74. The fraction of sp³-hybridized carbons (Fsp3) is 0.857. The minimum absolute atomic E-state index is 0.234. The summed E-state index contributed by atoms with van der Waals surface area (Å²) in [6.45, 7) is 6.78. The predicted molar refractivity (Wildman–Crippen MR) is 71.5 cm³/mol. The molecule has 0 bridgehead atoms. The number of carbonyl (C=O) groups excluding carboxylic acids is 1. The Hall–Kier alpha value is -1.30. The van der Waals surface area contributed by atoms with Crippen molar-refractivity contribution in [2.24, 2.45) is 5.92 Å². The summed E-state index contributed by atoms with van der Waals surface area (Å²) in [6.07, 6.45) is 1.74. The lowest BCUT2D eigenvalue weighted by molar-refractivity contribution is -0.141. The Balaban J connectivity index is 1.99. The lowest BCUT2D eigenvalue weighted by Gasteiger charge is -2.40. The Morgan fingerprint density at radius 1 is 1.40 bits per heavy atom. The topological polar surface area (TPSA) is 76.1 Å². The first-order valence-electron chi connectivity index (χ1n) is 7.05. The number of ether oxygens (including phenoxy) is 2. The third-order valence-corrected chi connectivity index (χ3v) is 3.75. The van der Waals surface area contributed by atoms with Crippen LogP contribution in [0.4, 0.5) is 4.79 Å². The van der Waals surface area contributed by atoms with Crippen molar-refractivity contribution in [3.63, 3.8) is 0 Å². The minimum Gasteiger partial charge on any atom is -0.481 e. The number of carboxylic acid groups (broad SMARTS) is 1. The summed E-state index contributed by atoms with van der Waals surface area (Å²) in [6, 6.07) is 0. The van der Waals surface area contributed by atoms with E-state index in [9.17, 15) is 9.59 Å². The number of amides is 1. The second-order valence-corrected chi connectivity index (χ2v) is 6.74. The molecule has 0 aromatic heterocycles. The smallest absolute Gasteiger partial charge is 0.410 e. The molecular formula is C14H23NO5. The molecule has 0 radical (unpaired) electrons. The monoisotopic (exact) mass is 285 g/mol. The van der Waals surface area contributed by atoms with Gasteiger partial charge in [-0.15, -0.1) is 0 Å². The van der Waals surface area contributed by atoms with Crippen molar-refractivity contribution < 1.29 is 24.2 Å². The van der Waals surface area contributed by atoms with Crippen molar-refractivity contribution in [2.45, 2.75) is 51.2 Å². The second kappa shape index (κ2) is 5.24. The number of carboxylic acids is 1. The average molecular weight is 285 g/mol. The Morgan fingerprint density at radius 3 is 2.65 bits per heavy atom. The molecule has 0 aromatic carbocycles. The molecule has 0 aromatic rings. The highest BCUT2D eigenvalue weighted by molar-refractivity contribution is 5.71. The number of carbonyl (C=O) groups is 2. The molecule has 2 aliphatic rings. The number of rotatable bonds is 1. The highest BCUT2D eigenvalue weighted by Crippen LogP contribution is 2.37. The third kappa shape index (κ3) is 3.42. The lowest BCUT2D eigenvalue weighted by atomic mass is 9.87. The summed E-state index contributed by atoms with van der Waals surface area (Å²) >= 11 is 0. The van der Waals surface area contributed by atoms with Crippen LogP contribution in [0.15, 0.2) is 0 Å². The van der Waals surface area contributed by atoms with Crippen LogP contribution in [0.1, 0.15) is 40.0 Å². The Bertz CT molecular complexity index is 403. The van der Waals surface area contributed by atoms with Gasteiger partial charge in [0.15, 0.2) is 0 Å². The van der Waals surface area contributed by atoms with E-state index in [1.54, 1.807) is 4.90 Å². The summed E-state index contributed by atoms with van der Waals surface area (Å²) < 4.78 is 11.1. The van der Waals surface area contributed by atoms with Crippen molar-refractivity contribution in [1.82, 2.24) is 4.90 Å². The van der Waals surface area contributed by atoms with Crippen LogP contribution >= 0.6 is 0 Å². The van der Waals surface area contributed by atoms with Crippen LogP contribution in [0, 0.1) is 5.92 Å². The quantitative estimate of drug-likeness (QED) is 0.796. The zero-order chi connectivity index (χ0) is 15.0. The summed E-state index contributed by atoms with van der Waals surface area (Å²) in [5.74, 6) is -1.29. The first-order chi connectivity index (χ1) is 9.21. The number of hydrogen-bond acceptors (Lipinski definition) is 4. The molecule has 1 N–H and O–H groups in total. The molecule has 2 rings (SSSR count). The van der Waals surface area contributed by atoms with E-state index >= 15 is 0 Å². The van der Waals surface area contributed by atoms with E-state index in [2.05, 4.69) is 0 Å². The zero-order valence-electron chi connectivity index (χ0n) is 12.3. The minimum atomic E-state index is -0.823. The Labute approximate surface area is 119 Å². The van der Waals surface area contributed by atoms with Gasteiger partial charge in [0.1, 0.15) is 5.60 Å². The zero-order valence-corrected chi connectivity index (χ0v) is 12.3. The molecule has 20 heavy (non-hydrogen) atoms. The number of aliphatic carboxylic acids is 1. The lowest BCUT2D eigenvalue weighted by Crippen LogP contribution is -2.51. The van der Waals surface area contributed by atoms with E-state index in [0.29, 0.717) is 19.5 Å². The van der Waals surface area contributed by atoms with E-state index in [1.165, 1.54) is 0 Å². The highest BCUT2D eigenvalue weighted by atomic mass is 16.6. The van der Waals surface area contributed by atoms with Gasteiger partial charge in [-0.3, -0.25) is 4.79 Å². The molecule has 0 saturated carbocycles. The van der Waals surface area contributed by atoms with Gasteiger partial charge in [0, 0.05) is 6.54 Å². The maximum atomic E-state index is 12.1. The summed E-state index contributed by atoms with van der Waals surface area (Å²) in [4.78, 5) is 24.8. The van der Waals surface area contributed by atoms with E-state index in [-0.39, 0.29) is 12.7 Å². The van der Waals surface area contributed by atoms with Gasteiger partial charge in [-0.25, -0.2) is 4.79 Å². The Kier molecular flexibility index (Phi) is 3.95. The van der Waals surface area contributed by atoms with Crippen LogP contribution < -0.4 is 0 Å². The van der Waals surface area contributed by atoms with Gasteiger partial charge in [0.25, 0.3) is 0 Å². The van der Waals surface area contributed by atoms with Crippen LogP contribution in [-0.4, -0.2) is 53.0 Å². The van der Waals surface area contributed by atoms with Crippen molar-refractivity contribution >= 4 is 12.1 Å². The summed E-state index contributed by atoms with van der Waals surface area (Å²) in [5.41, 5.74) is -1.03. The molecule has 6 nitrogen and oxygen atoms in total. The van der Waals surface area contributed by atoms with Crippen molar-refractivity contribution in [1.29, 1.82) is 0 Å². The predicted octanol–water partition coefficient (Wildman–Crippen LogP) is 1.88. The average Bonchev–Trinajstić information content (AvgIpc) is 2.71. The van der Waals surface area contributed by atoms with Gasteiger partial charge < -0.3 is 19.5 Å². The number of hydrogen-bond donors (Lipinski definition) is 1. The highest BCUT2D eigenvalue weighted by Gasteiger charge is 2.47. The molecule has 0 unspecified atom stereocenters. The fourth-order valence-corrected chi connectivity index (χ4v) is 2.87. The maximum absolute atomic E-state index is 12.1. The molecule has 6 heteroatoms. The van der Waals surface area contributed by atoms with Gasteiger partial charge in [0.2, 0.25) is 0 Å². The van der Waals surface area contributed by atoms with Crippen LogP contribution in [-0.2, 0) is 14.3 Å². The molecule has 2 atom stereocenters. The summed E-state index contributed by atoms with van der Waals surface area (Å²) in [7, 11) is 0. The summed E-state index contributed by atoms with van der Waals surface area (Å²) in [5, 5.41) is 9.07. The normalized spacial score (nSPS) is 30.6. The van der Waals surface area contributed by atoms with Gasteiger partial charge in [-0.2, -0.15) is 0 Å². The van der Waals surface area contributed by atoms with Crippen molar-refractivity contribution in [2.75, 3.05) is 19.7 Å². The molecule has 2 fully saturated rings. The largest absolute Gasteiger partial charge is 0.481 e. The first-order valence-corrected chi connectivity index (χ1v) is 7.05. The van der Waals surface area contributed by atoms with E-state index in [0.717, 1.165) is 12.8 Å². The van der Waals surface area contributed by atoms with Gasteiger partial charge >= 0.3 is 12.1 Å². The third-order valence-electron chi connectivity index (χ3n) is 3.75. The van der Waals surface area contributed by atoms with E-state index in [1.807, 2.05) is 20.8 Å². The van der Waals surface area contributed by atoms with Gasteiger partial charge in [-0.1, -0.05) is 0 Å². The number of nitrogens with zero attached hydrogens (tertiary/aromatic N) is 1. The molecule has 114 valence electrons. The van der Waals surface area contributed by atoms with Crippen LogP contribution in [0.25, 0.3) is 0 Å². The molecule has 2 saturated heterocycles. The van der Waals surface area contributed by atoms with Crippen LogP contribution in [0.3, 0.4) is 0 Å². The van der Waals surface area contributed by atoms with E-state index in [4.69, 9.17) is 14.6 Å². The van der Waals surface area contributed by atoms with Crippen molar-refractivity contribution in [3.05, 3.63) is 0 Å². The molecule has 2 heterocycles. The molecule has 0 aliphatic carbocycles.